The maximum Gasteiger partial charge on any atom is -0.0250 e. The number of hydrogen-bond donors (Lipinski definition) is 0. The minimum Gasteiger partial charge on any atom is -0.0625 e. The lowest BCUT2D eigenvalue weighted by Crippen LogP contribution is -2.06. The topological polar surface area (TPSA) is 0 Å². The summed E-state index contributed by atoms with van der Waals surface area (Å²) in [7, 11) is 0. The van der Waals surface area contributed by atoms with Crippen LogP contribution in [0.1, 0.15) is 49.9 Å². The van der Waals surface area contributed by atoms with Gasteiger partial charge in [-0.05, 0) is 60.8 Å². The van der Waals surface area contributed by atoms with Crippen molar-refractivity contribution in [1.29, 1.82) is 0 Å². The first-order valence-corrected chi connectivity index (χ1v) is 6.49. The zero-order valence-corrected chi connectivity index (χ0v) is 11.7. The van der Waals surface area contributed by atoms with E-state index in [2.05, 4.69) is 53.7 Å². The largest absolute Gasteiger partial charge is 0.0625 e. The number of rotatable bonds is 4. The van der Waals surface area contributed by atoms with Crippen LogP contribution in [0.4, 0.5) is 0 Å². The Labute approximate surface area is 101 Å². The standard InChI is InChI=1S/C16H26/c1-11(2)9-15-8-7-13(5)14(6)16(15)10-12(3)4/h7-8,11-12H,9-10H2,1-6H3. The number of benzene rings is 1. The first-order chi connectivity index (χ1) is 7.41. The van der Waals surface area contributed by atoms with Crippen LogP contribution < -0.4 is 0 Å². The molecule has 0 bridgehead atoms. The van der Waals surface area contributed by atoms with Crippen LogP contribution in [0, 0.1) is 25.7 Å². The van der Waals surface area contributed by atoms with Gasteiger partial charge in [-0.25, -0.2) is 0 Å². The van der Waals surface area contributed by atoms with Crippen LogP contribution in [0.3, 0.4) is 0 Å². The van der Waals surface area contributed by atoms with Gasteiger partial charge in [0, 0.05) is 0 Å². The van der Waals surface area contributed by atoms with Gasteiger partial charge in [-0.15, -0.1) is 0 Å². The van der Waals surface area contributed by atoms with Gasteiger partial charge in [0.25, 0.3) is 0 Å². The average molecular weight is 218 g/mol. The maximum absolute atomic E-state index is 2.33. The lowest BCUT2D eigenvalue weighted by atomic mass is 9.88. The van der Waals surface area contributed by atoms with Crippen LogP contribution in [-0.4, -0.2) is 0 Å². The van der Waals surface area contributed by atoms with Crippen molar-refractivity contribution in [3.05, 3.63) is 34.4 Å². The molecule has 16 heavy (non-hydrogen) atoms. The zero-order chi connectivity index (χ0) is 12.3. The summed E-state index contributed by atoms with van der Waals surface area (Å²) >= 11 is 0. The van der Waals surface area contributed by atoms with E-state index in [4.69, 9.17) is 0 Å². The summed E-state index contributed by atoms with van der Waals surface area (Å²) in [6.07, 6.45) is 2.43. The molecule has 0 saturated heterocycles. The van der Waals surface area contributed by atoms with Gasteiger partial charge in [0.1, 0.15) is 0 Å². The van der Waals surface area contributed by atoms with Crippen molar-refractivity contribution in [3.63, 3.8) is 0 Å². The highest BCUT2D eigenvalue weighted by Gasteiger charge is 2.10. The van der Waals surface area contributed by atoms with E-state index in [0.29, 0.717) is 0 Å². The van der Waals surface area contributed by atoms with Gasteiger partial charge in [-0.2, -0.15) is 0 Å². The molecule has 0 heteroatoms. The predicted molar refractivity (Wildman–Crippen MR) is 73.0 cm³/mol. The molecule has 1 rings (SSSR count). The quantitative estimate of drug-likeness (QED) is 0.687. The summed E-state index contributed by atoms with van der Waals surface area (Å²) in [5, 5.41) is 0. The molecule has 0 amide bonds. The lowest BCUT2D eigenvalue weighted by molar-refractivity contribution is 0.613. The van der Waals surface area contributed by atoms with Crippen molar-refractivity contribution in [2.24, 2.45) is 11.8 Å². The van der Waals surface area contributed by atoms with Crippen molar-refractivity contribution >= 4 is 0 Å². The summed E-state index contributed by atoms with van der Waals surface area (Å²) in [6, 6.07) is 4.61. The van der Waals surface area contributed by atoms with E-state index in [1.165, 1.54) is 24.0 Å². The molecule has 0 nitrogen and oxygen atoms in total. The van der Waals surface area contributed by atoms with Crippen molar-refractivity contribution < 1.29 is 0 Å². The fourth-order valence-electron chi connectivity index (χ4n) is 2.25. The smallest absolute Gasteiger partial charge is 0.0250 e. The molecule has 0 aromatic heterocycles. The summed E-state index contributed by atoms with van der Waals surface area (Å²) in [4.78, 5) is 0. The molecule has 0 heterocycles. The van der Waals surface area contributed by atoms with Gasteiger partial charge in [0.15, 0.2) is 0 Å². The Balaban J connectivity index is 3.11. The van der Waals surface area contributed by atoms with Gasteiger partial charge in [-0.1, -0.05) is 39.8 Å². The molecule has 0 atom stereocenters. The third kappa shape index (κ3) is 3.37. The van der Waals surface area contributed by atoms with Gasteiger partial charge >= 0.3 is 0 Å². The summed E-state index contributed by atoms with van der Waals surface area (Å²) in [6.45, 7) is 13.7. The highest BCUT2D eigenvalue weighted by atomic mass is 14.2. The molecule has 0 unspecified atom stereocenters. The molecule has 0 radical (unpaired) electrons. The van der Waals surface area contributed by atoms with E-state index in [-0.39, 0.29) is 0 Å². The summed E-state index contributed by atoms with van der Waals surface area (Å²) < 4.78 is 0. The van der Waals surface area contributed by atoms with E-state index in [1.807, 2.05) is 0 Å². The number of hydrogen-bond acceptors (Lipinski definition) is 0. The molecule has 0 N–H and O–H groups in total. The Morgan fingerprint density at radius 3 is 1.94 bits per heavy atom. The summed E-state index contributed by atoms with van der Waals surface area (Å²) in [5.74, 6) is 1.49. The maximum atomic E-state index is 2.33. The summed E-state index contributed by atoms with van der Waals surface area (Å²) in [5.41, 5.74) is 6.10. The third-order valence-electron chi connectivity index (χ3n) is 3.21. The van der Waals surface area contributed by atoms with E-state index in [0.717, 1.165) is 11.8 Å². The molecular weight excluding hydrogens is 192 g/mol. The SMILES string of the molecule is Cc1ccc(CC(C)C)c(CC(C)C)c1C. The molecule has 0 saturated carbocycles. The number of aryl methyl sites for hydroxylation is 1. The molecular formula is C16H26. The molecule has 1 aromatic rings. The first-order valence-electron chi connectivity index (χ1n) is 6.49. The Bertz CT molecular complexity index is 345. The normalized spacial score (nSPS) is 11.5. The molecule has 0 aliphatic carbocycles. The fourth-order valence-corrected chi connectivity index (χ4v) is 2.25. The van der Waals surface area contributed by atoms with E-state index in [1.54, 1.807) is 11.1 Å². The minimum atomic E-state index is 0.742. The van der Waals surface area contributed by atoms with Crippen LogP contribution in [0.5, 0.6) is 0 Å². The Morgan fingerprint density at radius 2 is 1.44 bits per heavy atom. The van der Waals surface area contributed by atoms with E-state index >= 15 is 0 Å². The Kier molecular flexibility index (Phi) is 4.58. The molecule has 0 aliphatic heterocycles. The van der Waals surface area contributed by atoms with Gasteiger partial charge in [-0.3, -0.25) is 0 Å². The highest BCUT2D eigenvalue weighted by molar-refractivity contribution is 5.40. The third-order valence-corrected chi connectivity index (χ3v) is 3.21. The van der Waals surface area contributed by atoms with Gasteiger partial charge in [0.2, 0.25) is 0 Å². The highest BCUT2D eigenvalue weighted by Crippen LogP contribution is 2.23. The molecule has 0 fully saturated rings. The van der Waals surface area contributed by atoms with Crippen molar-refractivity contribution in [2.75, 3.05) is 0 Å². The monoisotopic (exact) mass is 218 g/mol. The van der Waals surface area contributed by atoms with Crippen LogP contribution in [-0.2, 0) is 12.8 Å². The van der Waals surface area contributed by atoms with Gasteiger partial charge < -0.3 is 0 Å². The lowest BCUT2D eigenvalue weighted by Gasteiger charge is -2.18. The molecule has 90 valence electrons. The second-order valence-corrected chi connectivity index (χ2v) is 5.84. The van der Waals surface area contributed by atoms with Crippen molar-refractivity contribution in [1.82, 2.24) is 0 Å². The second kappa shape index (κ2) is 5.52. The fraction of sp³-hybridized carbons (Fsp3) is 0.625. The molecule has 0 spiro atoms. The average Bonchev–Trinajstić information content (AvgIpc) is 2.16. The Hall–Kier alpha value is -0.780. The molecule has 0 aliphatic rings. The minimum absolute atomic E-state index is 0.742. The van der Waals surface area contributed by atoms with Crippen LogP contribution in [0.15, 0.2) is 12.1 Å². The van der Waals surface area contributed by atoms with Crippen LogP contribution >= 0.6 is 0 Å². The van der Waals surface area contributed by atoms with E-state index in [9.17, 15) is 0 Å². The van der Waals surface area contributed by atoms with E-state index < -0.39 is 0 Å². The second-order valence-electron chi connectivity index (χ2n) is 5.84. The van der Waals surface area contributed by atoms with Gasteiger partial charge in [0.05, 0.1) is 0 Å². The predicted octanol–water partition coefficient (Wildman–Crippen LogP) is 4.70. The van der Waals surface area contributed by atoms with Crippen molar-refractivity contribution in [2.45, 2.75) is 54.4 Å². The molecule has 1 aromatic carbocycles. The zero-order valence-electron chi connectivity index (χ0n) is 11.7. The van der Waals surface area contributed by atoms with Crippen molar-refractivity contribution in [3.8, 4) is 0 Å². The Morgan fingerprint density at radius 1 is 0.875 bits per heavy atom. The first kappa shape index (κ1) is 13.3. The van der Waals surface area contributed by atoms with Crippen LogP contribution in [0.25, 0.3) is 0 Å². The van der Waals surface area contributed by atoms with Crippen LogP contribution in [0.2, 0.25) is 0 Å².